The molecule has 0 saturated heterocycles. The van der Waals surface area contributed by atoms with E-state index in [1.54, 1.807) is 0 Å². The topological polar surface area (TPSA) is 42.4 Å². The van der Waals surface area contributed by atoms with Gasteiger partial charge in [-0.05, 0) is 93.2 Å². The molecule has 4 nitrogen and oxygen atoms in total. The average Bonchev–Trinajstić information content (AvgIpc) is 3.86. The Bertz CT molecular complexity index is 3100. The first-order valence-corrected chi connectivity index (χ1v) is 18.4. The van der Waals surface area contributed by atoms with Gasteiger partial charge in [0.25, 0.3) is 0 Å². The molecule has 0 N–H and O–H groups in total. The summed E-state index contributed by atoms with van der Waals surface area (Å²) in [6.45, 7) is 4.67. The summed E-state index contributed by atoms with van der Waals surface area (Å²) >= 11 is 0. The van der Waals surface area contributed by atoms with Gasteiger partial charge in [0.05, 0.1) is 5.69 Å². The van der Waals surface area contributed by atoms with Crippen molar-refractivity contribution in [2.45, 2.75) is 19.3 Å². The van der Waals surface area contributed by atoms with E-state index in [2.05, 4.69) is 152 Å². The summed E-state index contributed by atoms with van der Waals surface area (Å²) in [4.78, 5) is 7.23. The number of benzene rings is 8. The fourth-order valence-electron chi connectivity index (χ4n) is 8.56. The maximum absolute atomic E-state index is 6.64. The third-order valence-corrected chi connectivity index (χ3v) is 11.3. The van der Waals surface area contributed by atoms with Crippen LogP contribution in [-0.4, -0.2) is 4.98 Å². The van der Waals surface area contributed by atoms with E-state index in [1.165, 1.54) is 33.0 Å². The van der Waals surface area contributed by atoms with Crippen molar-refractivity contribution in [3.05, 3.63) is 181 Å². The van der Waals surface area contributed by atoms with Crippen LogP contribution in [-0.2, 0) is 5.41 Å². The quantitative estimate of drug-likeness (QED) is 0.180. The maximum atomic E-state index is 6.64. The summed E-state index contributed by atoms with van der Waals surface area (Å²) in [5, 5.41) is 4.49. The van der Waals surface area contributed by atoms with Crippen molar-refractivity contribution >= 4 is 60.9 Å². The predicted octanol–water partition coefficient (Wildman–Crippen LogP) is 14.0. The average molecular weight is 695 g/mol. The van der Waals surface area contributed by atoms with Crippen LogP contribution in [0.15, 0.2) is 179 Å². The first kappa shape index (κ1) is 30.7. The number of hydrogen-bond acceptors (Lipinski definition) is 4. The summed E-state index contributed by atoms with van der Waals surface area (Å²) < 4.78 is 12.9. The number of aromatic nitrogens is 1. The Hall–Kier alpha value is -6.91. The minimum Gasteiger partial charge on any atom is -0.456 e. The largest absolute Gasteiger partial charge is 0.456 e. The number of fused-ring (bicyclic) bond motifs is 8. The highest BCUT2D eigenvalue weighted by atomic mass is 16.4. The Kier molecular flexibility index (Phi) is 6.56. The zero-order valence-electron chi connectivity index (χ0n) is 29.9. The lowest BCUT2D eigenvalue weighted by atomic mass is 9.82. The van der Waals surface area contributed by atoms with Crippen LogP contribution in [0.5, 0.6) is 0 Å². The first-order chi connectivity index (χ1) is 26.5. The van der Waals surface area contributed by atoms with E-state index < -0.39 is 0 Å². The molecule has 256 valence electrons. The Morgan fingerprint density at radius 3 is 2.06 bits per heavy atom. The second-order valence-electron chi connectivity index (χ2n) is 14.8. The molecule has 0 fully saturated rings. The van der Waals surface area contributed by atoms with Gasteiger partial charge in [-0.25, -0.2) is 4.98 Å². The standard InChI is InChI=1S/C50H34N2O2/c1-50(2)42-18-10-8-17-38(42)39-24-22-35(27-43(39)50)52(45-19-11-9-16-37(45)34-21-20-31-12-6-7-15-33(31)26-34)36-23-25-40-41-29-44-48(30-47(41)53-46(40)28-36)54-49(51-44)32-13-4-3-5-14-32/h3-30H,1-2H3. The fraction of sp³-hybridized carbons (Fsp3) is 0.0600. The molecule has 54 heavy (non-hydrogen) atoms. The van der Waals surface area contributed by atoms with Crippen molar-refractivity contribution in [2.24, 2.45) is 0 Å². The molecule has 0 bridgehead atoms. The van der Waals surface area contributed by atoms with E-state index in [-0.39, 0.29) is 5.41 Å². The number of para-hydroxylation sites is 1. The van der Waals surface area contributed by atoms with Gasteiger partial charge in [0.1, 0.15) is 16.7 Å². The van der Waals surface area contributed by atoms with Crippen LogP contribution < -0.4 is 4.90 Å². The molecule has 1 aliphatic rings. The number of hydrogen-bond donors (Lipinski definition) is 0. The molecule has 0 unspecified atom stereocenters. The number of oxazole rings is 1. The minimum absolute atomic E-state index is 0.139. The van der Waals surface area contributed by atoms with Gasteiger partial charge < -0.3 is 13.7 Å². The second-order valence-corrected chi connectivity index (χ2v) is 14.8. The third-order valence-electron chi connectivity index (χ3n) is 11.3. The zero-order valence-corrected chi connectivity index (χ0v) is 29.9. The van der Waals surface area contributed by atoms with Crippen LogP contribution in [0.25, 0.3) is 77.5 Å². The summed E-state index contributed by atoms with van der Waals surface area (Å²) in [7, 11) is 0. The van der Waals surface area contributed by atoms with E-state index in [4.69, 9.17) is 13.8 Å². The lowest BCUT2D eigenvalue weighted by Gasteiger charge is -2.29. The molecule has 0 amide bonds. The summed E-state index contributed by atoms with van der Waals surface area (Å²) in [5.74, 6) is 0.603. The monoisotopic (exact) mass is 694 g/mol. The number of rotatable bonds is 5. The van der Waals surface area contributed by atoms with Crippen molar-refractivity contribution in [1.82, 2.24) is 4.98 Å². The Labute approximate surface area is 312 Å². The third kappa shape index (κ3) is 4.66. The number of furan rings is 1. The van der Waals surface area contributed by atoms with Gasteiger partial charge in [-0.2, -0.15) is 0 Å². The smallest absolute Gasteiger partial charge is 0.227 e. The normalized spacial score (nSPS) is 13.1. The van der Waals surface area contributed by atoms with Gasteiger partial charge in [0, 0.05) is 50.8 Å². The van der Waals surface area contributed by atoms with Crippen LogP contribution in [0, 0.1) is 0 Å². The first-order valence-electron chi connectivity index (χ1n) is 18.4. The summed E-state index contributed by atoms with van der Waals surface area (Å²) in [5.41, 5.74) is 14.7. The molecule has 0 atom stereocenters. The molecule has 8 aromatic carbocycles. The summed E-state index contributed by atoms with van der Waals surface area (Å²) in [6, 6.07) is 60.4. The van der Waals surface area contributed by atoms with E-state index in [9.17, 15) is 0 Å². The highest BCUT2D eigenvalue weighted by Crippen LogP contribution is 2.51. The highest BCUT2D eigenvalue weighted by Gasteiger charge is 2.36. The van der Waals surface area contributed by atoms with E-state index >= 15 is 0 Å². The van der Waals surface area contributed by atoms with Crippen LogP contribution in [0.2, 0.25) is 0 Å². The van der Waals surface area contributed by atoms with Crippen LogP contribution in [0.1, 0.15) is 25.0 Å². The van der Waals surface area contributed by atoms with Crippen molar-refractivity contribution < 1.29 is 8.83 Å². The van der Waals surface area contributed by atoms with Crippen molar-refractivity contribution in [1.29, 1.82) is 0 Å². The molecule has 2 heterocycles. The molecule has 2 aromatic heterocycles. The van der Waals surface area contributed by atoms with Gasteiger partial charge in [-0.3, -0.25) is 0 Å². The van der Waals surface area contributed by atoms with E-state index in [1.807, 2.05) is 36.4 Å². The molecule has 10 aromatic rings. The van der Waals surface area contributed by atoms with Gasteiger partial charge in [-0.15, -0.1) is 0 Å². The lowest BCUT2D eigenvalue weighted by molar-refractivity contribution is 0.617. The van der Waals surface area contributed by atoms with E-state index in [0.717, 1.165) is 61.2 Å². The molecular weight excluding hydrogens is 661 g/mol. The van der Waals surface area contributed by atoms with Gasteiger partial charge in [-0.1, -0.05) is 117 Å². The van der Waals surface area contributed by atoms with Crippen molar-refractivity contribution in [3.8, 4) is 33.7 Å². The molecular formula is C50H34N2O2. The molecule has 1 aliphatic carbocycles. The van der Waals surface area contributed by atoms with Crippen molar-refractivity contribution in [2.75, 3.05) is 4.90 Å². The Morgan fingerprint density at radius 1 is 0.463 bits per heavy atom. The maximum Gasteiger partial charge on any atom is 0.227 e. The lowest BCUT2D eigenvalue weighted by Crippen LogP contribution is -2.16. The highest BCUT2D eigenvalue weighted by molar-refractivity contribution is 6.10. The van der Waals surface area contributed by atoms with Crippen LogP contribution in [0.3, 0.4) is 0 Å². The zero-order chi connectivity index (χ0) is 36.0. The Balaban J connectivity index is 1.10. The van der Waals surface area contributed by atoms with Crippen LogP contribution >= 0.6 is 0 Å². The predicted molar refractivity (Wildman–Crippen MR) is 222 cm³/mol. The van der Waals surface area contributed by atoms with E-state index in [0.29, 0.717) is 11.5 Å². The van der Waals surface area contributed by atoms with Crippen molar-refractivity contribution in [3.63, 3.8) is 0 Å². The second kappa shape index (κ2) is 11.5. The Morgan fingerprint density at radius 2 is 1.17 bits per heavy atom. The number of nitrogens with zero attached hydrogens (tertiary/aromatic N) is 2. The fourth-order valence-corrected chi connectivity index (χ4v) is 8.56. The minimum atomic E-state index is -0.139. The van der Waals surface area contributed by atoms with Gasteiger partial charge >= 0.3 is 0 Å². The van der Waals surface area contributed by atoms with Crippen LogP contribution in [0.4, 0.5) is 17.1 Å². The molecule has 0 saturated carbocycles. The number of anilines is 3. The molecule has 4 heteroatoms. The van der Waals surface area contributed by atoms with Gasteiger partial charge in [0.2, 0.25) is 5.89 Å². The molecule has 0 aliphatic heterocycles. The SMILES string of the molecule is CC1(C)c2ccccc2-c2ccc(N(c3ccc4c(c3)oc3cc5oc(-c6ccccc6)nc5cc34)c3ccccc3-c3ccc4ccccc4c3)cc21. The van der Waals surface area contributed by atoms with Gasteiger partial charge in [0.15, 0.2) is 5.58 Å². The molecule has 0 spiro atoms. The summed E-state index contributed by atoms with van der Waals surface area (Å²) in [6.07, 6.45) is 0. The molecule has 0 radical (unpaired) electrons. The molecule has 11 rings (SSSR count).